The minimum absolute atomic E-state index is 0.00246. The van der Waals surface area contributed by atoms with Gasteiger partial charge in [-0.05, 0) is 49.1 Å². The van der Waals surface area contributed by atoms with Crippen LogP contribution in [0.1, 0.15) is 63.1 Å². The maximum absolute atomic E-state index is 16.7. The Labute approximate surface area is 376 Å². The number of carbonyl (C=O) groups excluding carboxylic acids is 4. The van der Waals surface area contributed by atoms with Gasteiger partial charge in [0.2, 0.25) is 11.8 Å². The molecule has 0 spiro atoms. The second kappa shape index (κ2) is 18.6. The number of piperidine rings is 1. The molecule has 0 radical (unpaired) electrons. The van der Waals surface area contributed by atoms with Gasteiger partial charge < -0.3 is 34.5 Å². The van der Waals surface area contributed by atoms with E-state index in [1.165, 1.54) is 24.2 Å². The lowest BCUT2D eigenvalue weighted by atomic mass is 9.80. The molecular weight excluding hydrogens is 866 g/mol. The molecular formula is C46H45ClF2N8O8. The van der Waals surface area contributed by atoms with Crippen LogP contribution in [0.3, 0.4) is 0 Å². The minimum Gasteiger partial charge on any atom is -0.480 e. The molecule has 3 N–H and O–H groups in total. The fourth-order valence-electron chi connectivity index (χ4n) is 9.09. The van der Waals surface area contributed by atoms with Crippen LogP contribution < -0.4 is 25.4 Å². The highest BCUT2D eigenvalue weighted by atomic mass is 35.5. The molecule has 0 saturated carbocycles. The van der Waals surface area contributed by atoms with Gasteiger partial charge in [0.05, 0.1) is 55.8 Å². The topological polar surface area (TPSA) is 188 Å². The Bertz CT molecular complexity index is 2660. The van der Waals surface area contributed by atoms with Crippen LogP contribution in [0.15, 0.2) is 67.0 Å². The van der Waals surface area contributed by atoms with E-state index in [1.54, 1.807) is 23.0 Å². The third-order valence-corrected chi connectivity index (χ3v) is 12.6. The molecule has 3 atom stereocenters. The first-order valence-corrected chi connectivity index (χ1v) is 21.8. The Balaban J connectivity index is 0.788. The van der Waals surface area contributed by atoms with Crippen LogP contribution in [-0.4, -0.2) is 107 Å². The van der Waals surface area contributed by atoms with Gasteiger partial charge in [-0.2, -0.15) is 0 Å². The molecule has 0 bridgehead atoms. The molecule has 9 rings (SSSR count). The van der Waals surface area contributed by atoms with Gasteiger partial charge >= 0.3 is 0 Å². The molecule has 4 aliphatic heterocycles. The number of nitrogens with zero attached hydrogens (tertiary/aromatic N) is 5. The van der Waals surface area contributed by atoms with Crippen molar-refractivity contribution in [2.45, 2.75) is 62.9 Å². The molecule has 3 aromatic carbocycles. The fourth-order valence-corrected chi connectivity index (χ4v) is 9.36. The quantitative estimate of drug-likeness (QED) is 0.0913. The zero-order valence-electron chi connectivity index (χ0n) is 35.3. The molecule has 4 aliphatic rings. The number of carbonyl (C=O) groups is 4. The maximum atomic E-state index is 16.7. The third kappa shape index (κ3) is 8.54. The molecule has 338 valence electrons. The number of hydrogen-bond donors (Lipinski definition) is 3. The van der Waals surface area contributed by atoms with Gasteiger partial charge in [0.1, 0.15) is 29.9 Å². The molecule has 2 saturated heterocycles. The summed E-state index contributed by atoms with van der Waals surface area (Å²) in [7, 11) is 1.40. The van der Waals surface area contributed by atoms with Gasteiger partial charge in [0.25, 0.3) is 17.7 Å². The highest BCUT2D eigenvalue weighted by molar-refractivity contribution is 6.34. The lowest BCUT2D eigenvalue weighted by Crippen LogP contribution is -2.52. The van der Waals surface area contributed by atoms with Crippen LogP contribution in [0.4, 0.5) is 8.78 Å². The summed E-state index contributed by atoms with van der Waals surface area (Å²) in [5.74, 6) is -3.72. The molecule has 0 aliphatic carbocycles. The van der Waals surface area contributed by atoms with Crippen LogP contribution in [0.5, 0.6) is 11.6 Å². The highest BCUT2D eigenvalue weighted by Gasteiger charge is 2.50. The van der Waals surface area contributed by atoms with Crippen molar-refractivity contribution in [3.8, 4) is 34.0 Å². The van der Waals surface area contributed by atoms with Crippen molar-refractivity contribution in [3.05, 3.63) is 111 Å². The van der Waals surface area contributed by atoms with Crippen molar-refractivity contribution in [1.29, 1.82) is 0 Å². The van der Waals surface area contributed by atoms with Gasteiger partial charge in [0.15, 0.2) is 11.4 Å². The van der Waals surface area contributed by atoms with Crippen LogP contribution in [0.25, 0.3) is 22.4 Å². The minimum atomic E-state index is -0.987. The van der Waals surface area contributed by atoms with E-state index < -0.39 is 41.0 Å². The van der Waals surface area contributed by atoms with E-state index in [-0.39, 0.29) is 97.6 Å². The van der Waals surface area contributed by atoms with Crippen molar-refractivity contribution < 1.29 is 46.9 Å². The van der Waals surface area contributed by atoms with E-state index in [1.807, 2.05) is 36.4 Å². The van der Waals surface area contributed by atoms with Crippen LogP contribution >= 0.6 is 11.6 Å². The Kier molecular flexibility index (Phi) is 12.6. The molecule has 1 unspecified atom stereocenters. The summed E-state index contributed by atoms with van der Waals surface area (Å²) in [6, 6.07) is 15.4. The Morgan fingerprint density at radius 3 is 2.58 bits per heavy atom. The zero-order valence-corrected chi connectivity index (χ0v) is 36.1. The SMILES string of the molecule is CNC(=O)c1cnc(OCCOCCOCCn2cc(-c3ccc4c(c3)CN(C3CCC(=O)NC3=O)C4=O)nn2)c(F)c1-c1c(Cl)c(F)cc2c1C[C@](c1ccccc1)([C@@H]1CCCN1)O2. The van der Waals surface area contributed by atoms with Crippen LogP contribution in [-0.2, 0) is 44.2 Å². The van der Waals surface area contributed by atoms with Crippen molar-refractivity contribution >= 4 is 35.2 Å². The standard InChI is InChI=1S/C46H45ClF2N8O8/c1-50-42(59)31-23-52-44(41(49)39(31)38-30-22-46(36-8-5-13-51-36,28-6-3-2-4-7-28)65-35(30)21-32(48)40(38)47)64-19-18-63-17-16-62-15-14-56-25-33(54-55-56)26-9-10-29-27(20-26)24-57(45(29)61)34-11-12-37(58)53-43(34)60/h2-4,6-7,9-10,20-21,23,25,34,36,51H,5,8,11-19,22,24H2,1H3,(H,50,59)(H,53,58,60)/t34?,36-,46-/m0/s1. The average Bonchev–Trinajstić information content (AvgIpc) is 4.15. The monoisotopic (exact) mass is 910 g/mol. The van der Waals surface area contributed by atoms with E-state index in [4.69, 9.17) is 30.5 Å². The van der Waals surface area contributed by atoms with Gasteiger partial charge in [-0.25, -0.2) is 18.4 Å². The van der Waals surface area contributed by atoms with Gasteiger partial charge in [0, 0.05) is 66.5 Å². The number of nitrogens with one attached hydrogen (secondary N) is 3. The average molecular weight is 911 g/mol. The molecule has 16 nitrogen and oxygen atoms in total. The number of amides is 4. The first kappa shape index (κ1) is 43.9. The summed E-state index contributed by atoms with van der Waals surface area (Å²) in [6.45, 7) is 2.15. The number of rotatable bonds is 16. The summed E-state index contributed by atoms with van der Waals surface area (Å²) in [4.78, 5) is 55.8. The maximum Gasteiger partial charge on any atom is 0.255 e. The molecule has 4 amide bonds. The molecule has 5 aromatic rings. The Hall–Kier alpha value is -6.34. The number of ether oxygens (including phenoxy) is 4. The zero-order chi connectivity index (χ0) is 45.2. The van der Waals surface area contributed by atoms with E-state index in [2.05, 4.69) is 31.2 Å². The summed E-state index contributed by atoms with van der Waals surface area (Å²) in [5, 5.41) is 16.5. The van der Waals surface area contributed by atoms with Crippen molar-refractivity contribution in [2.24, 2.45) is 0 Å². The number of imide groups is 1. The molecule has 6 heterocycles. The van der Waals surface area contributed by atoms with E-state index in [0.29, 0.717) is 30.0 Å². The summed E-state index contributed by atoms with van der Waals surface area (Å²) in [5.41, 5.74) is 2.62. The van der Waals surface area contributed by atoms with Gasteiger partial charge in [-0.3, -0.25) is 24.5 Å². The lowest BCUT2D eigenvalue weighted by molar-refractivity contribution is -0.136. The lowest BCUT2D eigenvalue weighted by Gasteiger charge is -2.35. The molecule has 65 heavy (non-hydrogen) atoms. The largest absolute Gasteiger partial charge is 0.480 e. The molecule has 2 fully saturated rings. The third-order valence-electron chi connectivity index (χ3n) is 12.3. The first-order valence-electron chi connectivity index (χ1n) is 21.4. The number of pyridine rings is 1. The second-order valence-electron chi connectivity index (χ2n) is 16.2. The summed E-state index contributed by atoms with van der Waals surface area (Å²) in [6.07, 6.45) is 5.38. The Morgan fingerprint density at radius 1 is 1.02 bits per heavy atom. The van der Waals surface area contributed by atoms with Crippen LogP contribution in [0.2, 0.25) is 5.02 Å². The van der Waals surface area contributed by atoms with E-state index >= 15 is 8.78 Å². The normalized spacial score (nSPS) is 20.1. The molecule has 2 aromatic heterocycles. The number of hydrogen-bond acceptors (Lipinski definition) is 12. The van der Waals surface area contributed by atoms with Crippen molar-refractivity contribution in [1.82, 2.24) is 40.8 Å². The number of halogens is 3. The summed E-state index contributed by atoms with van der Waals surface area (Å²) < 4.78 is 57.8. The Morgan fingerprint density at radius 2 is 1.82 bits per heavy atom. The predicted octanol–water partition coefficient (Wildman–Crippen LogP) is 4.75. The van der Waals surface area contributed by atoms with Crippen LogP contribution in [0, 0.1) is 11.6 Å². The highest BCUT2D eigenvalue weighted by Crippen LogP contribution is 2.52. The first-order chi connectivity index (χ1) is 31.6. The second-order valence-corrected chi connectivity index (χ2v) is 16.5. The summed E-state index contributed by atoms with van der Waals surface area (Å²) >= 11 is 6.69. The predicted molar refractivity (Wildman–Crippen MR) is 230 cm³/mol. The van der Waals surface area contributed by atoms with E-state index in [9.17, 15) is 19.2 Å². The van der Waals surface area contributed by atoms with E-state index in [0.717, 1.165) is 36.1 Å². The number of fused-ring (bicyclic) bond motifs is 2. The van der Waals surface area contributed by atoms with Gasteiger partial charge in [-0.15, -0.1) is 5.10 Å². The fraction of sp³-hybridized carbons (Fsp3) is 0.370. The smallest absolute Gasteiger partial charge is 0.255 e. The van der Waals surface area contributed by atoms with Gasteiger partial charge in [-0.1, -0.05) is 53.2 Å². The van der Waals surface area contributed by atoms with Crippen molar-refractivity contribution in [2.75, 3.05) is 46.6 Å². The molecule has 19 heteroatoms. The number of aromatic nitrogens is 4. The van der Waals surface area contributed by atoms with Crippen molar-refractivity contribution in [3.63, 3.8) is 0 Å². The number of benzene rings is 3.